The number of hydrogen-bond acceptors (Lipinski definition) is 1. The lowest BCUT2D eigenvalue weighted by Crippen LogP contribution is -2.49. The van der Waals surface area contributed by atoms with Crippen molar-refractivity contribution in [1.29, 1.82) is 0 Å². The van der Waals surface area contributed by atoms with E-state index in [-0.39, 0.29) is 0 Å². The van der Waals surface area contributed by atoms with Crippen LogP contribution in [-0.2, 0) is 4.79 Å². The molecule has 0 aromatic heterocycles. The predicted octanol–water partition coefficient (Wildman–Crippen LogP) is 5.24. The molecule has 1 heteroatoms. The summed E-state index contributed by atoms with van der Waals surface area (Å²) < 4.78 is 0. The topological polar surface area (TPSA) is 17.1 Å². The molecule has 0 N–H and O–H groups in total. The van der Waals surface area contributed by atoms with Gasteiger partial charge >= 0.3 is 0 Å². The average molecular weight is 296 g/mol. The quantitative estimate of drug-likeness (QED) is 0.605. The smallest absolute Gasteiger partial charge is 0.136 e. The van der Waals surface area contributed by atoms with Crippen LogP contribution < -0.4 is 0 Å². The lowest BCUT2D eigenvalue weighted by molar-refractivity contribution is -0.122. The highest BCUT2D eigenvalue weighted by Gasteiger charge is 2.56. The number of hydrogen-bond donors (Lipinski definition) is 0. The van der Waals surface area contributed by atoms with E-state index in [4.69, 9.17) is 0 Å². The predicted molar refractivity (Wildman–Crippen MR) is 90.4 cm³/mol. The molecule has 0 spiro atoms. The van der Waals surface area contributed by atoms with Gasteiger partial charge in [0.15, 0.2) is 0 Å². The van der Waals surface area contributed by atoms with E-state index in [1.165, 1.54) is 36.8 Å². The van der Waals surface area contributed by atoms with Crippen molar-refractivity contribution in [1.82, 2.24) is 0 Å². The highest BCUT2D eigenvalue weighted by atomic mass is 16.1. The van der Waals surface area contributed by atoms with E-state index in [0.717, 1.165) is 37.0 Å². The van der Waals surface area contributed by atoms with Crippen LogP contribution in [0.2, 0.25) is 0 Å². The first-order valence-electron chi connectivity index (χ1n) is 9.03. The van der Waals surface area contributed by atoms with Gasteiger partial charge in [0.05, 0.1) is 0 Å². The van der Waals surface area contributed by atoms with Crippen molar-refractivity contribution in [3.63, 3.8) is 0 Å². The molecule has 0 aromatic rings. The van der Waals surface area contributed by atoms with Crippen molar-refractivity contribution in [3.05, 3.63) is 36.0 Å². The van der Waals surface area contributed by atoms with Gasteiger partial charge in [-0.1, -0.05) is 44.2 Å². The van der Waals surface area contributed by atoms with Crippen LogP contribution in [0.25, 0.3) is 0 Å². The average Bonchev–Trinajstić information content (AvgIpc) is 2.84. The standard InChI is InChI=1S/C21H28O/c1-4-14-6-8-18-17-7-5-15-13-16(22)9-11-21(15,3)19(17)10-12-20(14,18)2/h4-6,17-19H,1,7-13H2,2-3H3/t17?,18?,19?,20-,21+/m1/s1. The number of allylic oxidation sites excluding steroid dienone is 5. The Hall–Kier alpha value is -1.11. The maximum Gasteiger partial charge on any atom is 0.136 e. The zero-order chi connectivity index (χ0) is 15.5. The second-order valence-electron chi connectivity index (χ2n) is 8.53. The van der Waals surface area contributed by atoms with E-state index in [1.807, 2.05) is 0 Å². The Morgan fingerprint density at radius 2 is 1.95 bits per heavy atom. The third kappa shape index (κ3) is 1.74. The van der Waals surface area contributed by atoms with Crippen molar-refractivity contribution in [2.24, 2.45) is 28.6 Å². The molecule has 0 heterocycles. The Morgan fingerprint density at radius 3 is 2.73 bits per heavy atom. The summed E-state index contributed by atoms with van der Waals surface area (Å²) in [5, 5.41) is 0. The van der Waals surface area contributed by atoms with Gasteiger partial charge in [-0.05, 0) is 66.3 Å². The Bertz CT molecular complexity index is 595. The fourth-order valence-corrected chi connectivity index (χ4v) is 6.39. The van der Waals surface area contributed by atoms with Crippen LogP contribution in [0.4, 0.5) is 0 Å². The van der Waals surface area contributed by atoms with E-state index in [2.05, 4.69) is 38.7 Å². The summed E-state index contributed by atoms with van der Waals surface area (Å²) in [6.07, 6.45) is 14.7. The number of ketones is 1. The number of carbonyl (C=O) groups is 1. The molecule has 2 saturated carbocycles. The van der Waals surface area contributed by atoms with Crippen LogP contribution in [-0.4, -0.2) is 5.78 Å². The Balaban J connectivity index is 1.69. The number of fused-ring (bicyclic) bond motifs is 5. The number of carbonyl (C=O) groups excluding carboxylic acids is 1. The van der Waals surface area contributed by atoms with E-state index >= 15 is 0 Å². The third-order valence-electron chi connectivity index (χ3n) is 7.80. The molecular formula is C21H28O. The maximum atomic E-state index is 11.9. The summed E-state index contributed by atoms with van der Waals surface area (Å²) >= 11 is 0. The minimum atomic E-state index is 0.301. The van der Waals surface area contributed by atoms with Crippen LogP contribution in [0.5, 0.6) is 0 Å². The fraction of sp³-hybridized carbons (Fsp3) is 0.667. The molecule has 0 aromatic carbocycles. The van der Waals surface area contributed by atoms with E-state index in [1.54, 1.807) is 0 Å². The first-order valence-corrected chi connectivity index (χ1v) is 9.03. The normalized spacial score (nSPS) is 47.0. The van der Waals surface area contributed by atoms with Gasteiger partial charge < -0.3 is 0 Å². The lowest BCUT2D eigenvalue weighted by Gasteiger charge is -2.57. The Morgan fingerprint density at radius 1 is 1.14 bits per heavy atom. The summed E-state index contributed by atoms with van der Waals surface area (Å²) in [5.74, 6) is 2.83. The molecule has 0 saturated heterocycles. The molecule has 0 radical (unpaired) electrons. The van der Waals surface area contributed by atoms with Gasteiger partial charge in [0.1, 0.15) is 5.78 Å². The van der Waals surface area contributed by atoms with Crippen LogP contribution in [0, 0.1) is 28.6 Å². The molecule has 0 bridgehead atoms. The first kappa shape index (κ1) is 14.5. The second-order valence-corrected chi connectivity index (χ2v) is 8.53. The van der Waals surface area contributed by atoms with Gasteiger partial charge in [-0.15, -0.1) is 0 Å². The van der Waals surface area contributed by atoms with Gasteiger partial charge in [0.25, 0.3) is 0 Å². The molecule has 4 aliphatic carbocycles. The molecule has 2 fully saturated rings. The lowest BCUT2D eigenvalue weighted by atomic mass is 9.47. The van der Waals surface area contributed by atoms with Crippen LogP contribution >= 0.6 is 0 Å². The monoisotopic (exact) mass is 296 g/mol. The van der Waals surface area contributed by atoms with Crippen molar-refractivity contribution < 1.29 is 4.79 Å². The van der Waals surface area contributed by atoms with Crippen molar-refractivity contribution >= 4 is 5.78 Å². The zero-order valence-corrected chi connectivity index (χ0v) is 14.0. The highest BCUT2D eigenvalue weighted by molar-refractivity contribution is 5.82. The number of Topliss-reactive ketones (excluding diaryl/α,β-unsaturated/α-hetero) is 1. The Kier molecular flexibility index (Phi) is 3.09. The summed E-state index contributed by atoms with van der Waals surface area (Å²) in [6.45, 7) is 8.99. The van der Waals surface area contributed by atoms with Crippen LogP contribution in [0.15, 0.2) is 36.0 Å². The maximum absolute atomic E-state index is 11.9. The van der Waals surface area contributed by atoms with Crippen LogP contribution in [0.3, 0.4) is 0 Å². The second kappa shape index (κ2) is 4.69. The SMILES string of the molecule is C=CC1=CCC2C3CC=C4CC(=O)CC[C@]4(C)C3CC[C@]12C. The molecule has 4 rings (SSSR count). The minimum Gasteiger partial charge on any atom is -0.299 e. The van der Waals surface area contributed by atoms with E-state index < -0.39 is 0 Å². The largest absolute Gasteiger partial charge is 0.299 e. The summed E-state index contributed by atoms with van der Waals surface area (Å²) in [6, 6.07) is 0. The van der Waals surface area contributed by atoms with Crippen LogP contribution in [0.1, 0.15) is 58.8 Å². The van der Waals surface area contributed by atoms with Gasteiger partial charge in [-0.25, -0.2) is 0 Å². The molecule has 4 aliphatic rings. The molecule has 22 heavy (non-hydrogen) atoms. The zero-order valence-electron chi connectivity index (χ0n) is 14.0. The molecular weight excluding hydrogens is 268 g/mol. The number of rotatable bonds is 1. The van der Waals surface area contributed by atoms with Gasteiger partial charge in [0.2, 0.25) is 0 Å². The summed E-state index contributed by atoms with van der Waals surface area (Å²) in [7, 11) is 0. The van der Waals surface area contributed by atoms with E-state index in [9.17, 15) is 4.79 Å². The van der Waals surface area contributed by atoms with E-state index in [0.29, 0.717) is 16.6 Å². The van der Waals surface area contributed by atoms with Gasteiger partial charge in [0, 0.05) is 12.8 Å². The molecule has 0 aliphatic heterocycles. The minimum absolute atomic E-state index is 0.301. The Labute approximate surface area is 134 Å². The van der Waals surface area contributed by atoms with Crippen molar-refractivity contribution in [2.75, 3.05) is 0 Å². The first-order chi connectivity index (χ1) is 10.5. The van der Waals surface area contributed by atoms with Gasteiger partial charge in [-0.2, -0.15) is 0 Å². The summed E-state index contributed by atoms with van der Waals surface area (Å²) in [4.78, 5) is 11.9. The van der Waals surface area contributed by atoms with Crippen molar-refractivity contribution in [2.45, 2.75) is 58.8 Å². The molecule has 3 unspecified atom stereocenters. The van der Waals surface area contributed by atoms with Crippen molar-refractivity contribution in [3.8, 4) is 0 Å². The van der Waals surface area contributed by atoms with Gasteiger partial charge in [-0.3, -0.25) is 4.79 Å². The highest BCUT2D eigenvalue weighted by Crippen LogP contribution is 2.64. The molecule has 5 atom stereocenters. The third-order valence-corrected chi connectivity index (χ3v) is 7.80. The summed E-state index contributed by atoms with van der Waals surface area (Å²) in [5.41, 5.74) is 3.63. The molecule has 0 amide bonds. The molecule has 1 nitrogen and oxygen atoms in total. The fourth-order valence-electron chi connectivity index (χ4n) is 6.39. The molecule has 118 valence electrons.